The molecule has 0 radical (unpaired) electrons. The van der Waals surface area contributed by atoms with E-state index in [2.05, 4.69) is 10.1 Å². The number of carboxylic acid groups (broad SMARTS) is 1. The molecule has 13 heteroatoms. The minimum Gasteiger partial charge on any atom is -0.475 e. The summed E-state index contributed by atoms with van der Waals surface area (Å²) in [5.74, 6) is -2.76. The van der Waals surface area contributed by atoms with Gasteiger partial charge in [-0.15, -0.1) is 0 Å². The van der Waals surface area contributed by atoms with Gasteiger partial charge >= 0.3 is 12.1 Å². The van der Waals surface area contributed by atoms with Crippen molar-refractivity contribution in [3.05, 3.63) is 54.4 Å². The Balaban J connectivity index is 0.000000370. The molecule has 2 heterocycles. The van der Waals surface area contributed by atoms with Gasteiger partial charge in [0.05, 0.1) is 11.9 Å². The van der Waals surface area contributed by atoms with Crippen molar-refractivity contribution in [3.63, 3.8) is 0 Å². The van der Waals surface area contributed by atoms with E-state index in [1.54, 1.807) is 36.4 Å². The number of sulfonamides is 1. The molecule has 0 atom stereocenters. The fourth-order valence-electron chi connectivity index (χ4n) is 2.10. The second kappa shape index (κ2) is 8.45. The van der Waals surface area contributed by atoms with Crippen LogP contribution in [0.25, 0.3) is 5.65 Å². The first-order valence-electron chi connectivity index (χ1n) is 7.85. The van der Waals surface area contributed by atoms with Crippen LogP contribution in [-0.2, 0) is 21.4 Å². The molecule has 3 N–H and O–H groups in total. The van der Waals surface area contributed by atoms with Crippen LogP contribution in [0, 0.1) is 0 Å². The van der Waals surface area contributed by atoms with Crippen molar-refractivity contribution < 1.29 is 31.5 Å². The lowest BCUT2D eigenvalue weighted by Crippen LogP contribution is -2.27. The zero-order chi connectivity index (χ0) is 21.8. The van der Waals surface area contributed by atoms with Gasteiger partial charge in [-0.05, 0) is 29.8 Å². The van der Waals surface area contributed by atoms with E-state index in [0.29, 0.717) is 17.9 Å². The van der Waals surface area contributed by atoms with E-state index >= 15 is 0 Å². The maximum absolute atomic E-state index is 12.8. The van der Waals surface area contributed by atoms with E-state index in [-0.39, 0.29) is 5.03 Å². The van der Waals surface area contributed by atoms with Crippen LogP contribution in [0.1, 0.15) is 5.56 Å². The Bertz CT molecular complexity index is 1100. The summed E-state index contributed by atoms with van der Waals surface area (Å²) in [4.78, 5) is 13.0. The lowest BCUT2D eigenvalue weighted by molar-refractivity contribution is -0.192. The fraction of sp³-hybridized carbons (Fsp3) is 0.188. The molecular formula is C16H16F3N5O4S. The van der Waals surface area contributed by atoms with Crippen LogP contribution in [0.2, 0.25) is 0 Å². The summed E-state index contributed by atoms with van der Waals surface area (Å²) in [6.07, 6.45) is -2.26. The Morgan fingerprint density at radius 3 is 2.34 bits per heavy atom. The van der Waals surface area contributed by atoms with Crippen molar-refractivity contribution in [2.24, 2.45) is 5.73 Å². The number of fused-ring (bicyclic) bond motifs is 1. The molecule has 0 aliphatic heterocycles. The molecule has 3 rings (SSSR count). The number of hydrogen-bond acceptors (Lipinski definition) is 6. The maximum atomic E-state index is 12.8. The fourth-order valence-corrected chi connectivity index (χ4v) is 3.33. The second-order valence-electron chi connectivity index (χ2n) is 5.54. The van der Waals surface area contributed by atoms with Crippen LogP contribution >= 0.6 is 0 Å². The highest BCUT2D eigenvalue weighted by atomic mass is 32.2. The highest BCUT2D eigenvalue weighted by Gasteiger charge is 2.38. The average Bonchev–Trinajstić information content (AvgIpc) is 3.12. The van der Waals surface area contributed by atoms with Gasteiger partial charge in [0, 0.05) is 19.8 Å². The van der Waals surface area contributed by atoms with Crippen LogP contribution < -0.4 is 10.0 Å². The number of nitrogens with zero attached hydrogens (tertiary/aromatic N) is 4. The molecule has 0 amide bonds. The monoisotopic (exact) mass is 431 g/mol. The Kier molecular flexibility index (Phi) is 6.44. The van der Waals surface area contributed by atoms with Crippen LogP contribution in [0.5, 0.6) is 0 Å². The lowest BCUT2D eigenvalue weighted by Gasteiger charge is -2.18. The Hall–Kier alpha value is -3.19. The Morgan fingerprint density at radius 1 is 1.24 bits per heavy atom. The molecule has 0 saturated heterocycles. The molecule has 0 aliphatic rings. The quantitative estimate of drug-likeness (QED) is 0.642. The Labute approximate surface area is 163 Å². The van der Waals surface area contributed by atoms with E-state index in [4.69, 9.17) is 15.6 Å². The van der Waals surface area contributed by atoms with Gasteiger partial charge in [0.15, 0.2) is 10.7 Å². The maximum Gasteiger partial charge on any atom is 0.490 e. The smallest absolute Gasteiger partial charge is 0.475 e. The minimum atomic E-state index is -5.08. The number of benzene rings is 1. The molecule has 0 saturated carbocycles. The van der Waals surface area contributed by atoms with Crippen LogP contribution in [0.4, 0.5) is 18.9 Å². The molecule has 0 unspecified atom stereocenters. The largest absolute Gasteiger partial charge is 0.490 e. The van der Waals surface area contributed by atoms with Crippen molar-refractivity contribution >= 4 is 27.3 Å². The number of carboxylic acids is 1. The normalized spacial score (nSPS) is 11.6. The predicted molar refractivity (Wildman–Crippen MR) is 96.6 cm³/mol. The van der Waals surface area contributed by atoms with Crippen molar-refractivity contribution in [2.45, 2.75) is 17.7 Å². The number of anilines is 1. The number of carbonyl (C=O) groups is 1. The molecule has 3 aromatic rings. The third kappa shape index (κ3) is 5.00. The number of aromatic nitrogens is 3. The van der Waals surface area contributed by atoms with Gasteiger partial charge in [-0.2, -0.15) is 26.7 Å². The number of alkyl halides is 3. The van der Waals surface area contributed by atoms with Gasteiger partial charge in [-0.25, -0.2) is 14.3 Å². The van der Waals surface area contributed by atoms with E-state index in [1.165, 1.54) is 28.3 Å². The highest BCUT2D eigenvalue weighted by molar-refractivity contribution is 7.92. The summed E-state index contributed by atoms with van der Waals surface area (Å²) in [7, 11) is -2.26. The molecule has 29 heavy (non-hydrogen) atoms. The number of rotatable bonds is 4. The van der Waals surface area contributed by atoms with Crippen LogP contribution in [-0.4, -0.2) is 47.3 Å². The SMILES string of the molecule is CN(c1ccc(CN)cc1)S(=O)(=O)c1cnc2cccnn12.O=C(O)C(F)(F)F. The summed E-state index contributed by atoms with van der Waals surface area (Å²) < 4.78 is 59.8. The zero-order valence-electron chi connectivity index (χ0n) is 14.9. The van der Waals surface area contributed by atoms with Crippen molar-refractivity contribution in [1.29, 1.82) is 0 Å². The van der Waals surface area contributed by atoms with E-state index in [0.717, 1.165) is 5.56 Å². The zero-order valence-corrected chi connectivity index (χ0v) is 15.7. The molecule has 0 spiro atoms. The van der Waals surface area contributed by atoms with Gasteiger partial charge in [0.1, 0.15) is 0 Å². The Morgan fingerprint density at radius 2 is 1.83 bits per heavy atom. The molecule has 0 aliphatic carbocycles. The van der Waals surface area contributed by atoms with Crippen molar-refractivity contribution in [3.8, 4) is 0 Å². The van der Waals surface area contributed by atoms with E-state index < -0.39 is 22.2 Å². The van der Waals surface area contributed by atoms with Gasteiger partial charge < -0.3 is 10.8 Å². The summed E-state index contributed by atoms with van der Waals surface area (Å²) in [6, 6.07) is 10.4. The van der Waals surface area contributed by atoms with Gasteiger partial charge in [0.25, 0.3) is 10.0 Å². The summed E-state index contributed by atoms with van der Waals surface area (Å²) in [5, 5.41) is 11.2. The first kappa shape index (κ1) is 22.1. The van der Waals surface area contributed by atoms with Crippen LogP contribution in [0.3, 0.4) is 0 Å². The third-order valence-corrected chi connectivity index (χ3v) is 5.39. The molecular weight excluding hydrogens is 415 g/mol. The summed E-state index contributed by atoms with van der Waals surface area (Å²) >= 11 is 0. The molecule has 0 bridgehead atoms. The number of nitrogens with two attached hydrogens (primary N) is 1. The van der Waals surface area contributed by atoms with Crippen LogP contribution in [0.15, 0.2) is 53.8 Å². The van der Waals surface area contributed by atoms with Gasteiger partial charge in [-0.1, -0.05) is 12.1 Å². The van der Waals surface area contributed by atoms with E-state index in [9.17, 15) is 21.6 Å². The number of hydrogen-bond donors (Lipinski definition) is 2. The average molecular weight is 431 g/mol. The molecule has 2 aromatic heterocycles. The second-order valence-corrected chi connectivity index (χ2v) is 7.45. The van der Waals surface area contributed by atoms with Gasteiger partial charge in [0.2, 0.25) is 0 Å². The standard InChI is InChI=1S/C14H15N5O2S.C2HF3O2/c1-18(12-6-4-11(9-15)5-7-12)22(20,21)14-10-16-13-3-2-8-17-19(13)14;3-2(4,5)1(6)7/h2-8,10H,9,15H2,1H3;(H,6,7). The third-order valence-electron chi connectivity index (χ3n) is 3.65. The molecule has 1 aromatic carbocycles. The highest BCUT2D eigenvalue weighted by Crippen LogP contribution is 2.22. The number of imidazole rings is 1. The summed E-state index contributed by atoms with van der Waals surface area (Å²) in [6.45, 7) is 0.411. The first-order valence-corrected chi connectivity index (χ1v) is 9.29. The first-order chi connectivity index (χ1) is 13.5. The molecule has 0 fully saturated rings. The minimum absolute atomic E-state index is 0.0218. The number of halogens is 3. The molecule has 9 nitrogen and oxygen atoms in total. The lowest BCUT2D eigenvalue weighted by atomic mass is 10.2. The summed E-state index contributed by atoms with van der Waals surface area (Å²) in [5.41, 5.74) is 7.51. The molecule has 156 valence electrons. The van der Waals surface area contributed by atoms with Crippen molar-refractivity contribution in [1.82, 2.24) is 14.6 Å². The predicted octanol–water partition coefficient (Wildman–Crippen LogP) is 1.65. The number of aliphatic carboxylic acids is 1. The van der Waals surface area contributed by atoms with Crippen molar-refractivity contribution in [2.75, 3.05) is 11.4 Å². The van der Waals surface area contributed by atoms with E-state index in [1.807, 2.05) is 0 Å². The van der Waals surface area contributed by atoms with Gasteiger partial charge in [-0.3, -0.25) is 4.31 Å². The topological polar surface area (TPSA) is 131 Å².